The molecule has 0 aliphatic carbocycles. The first-order valence-electron chi connectivity index (χ1n) is 6.40. The van der Waals surface area contributed by atoms with Crippen molar-refractivity contribution in [2.45, 2.75) is 32.8 Å². The van der Waals surface area contributed by atoms with Crippen LogP contribution < -0.4 is 11.1 Å². The number of nitrogens with two attached hydrogens (primary N) is 1. The highest BCUT2D eigenvalue weighted by atomic mass is 16.5. The molecule has 4 nitrogen and oxygen atoms in total. The minimum absolute atomic E-state index is 0.0344. The van der Waals surface area contributed by atoms with Crippen LogP contribution in [0.25, 0.3) is 0 Å². The minimum atomic E-state index is -0.0344. The molecule has 1 saturated heterocycles. The Morgan fingerprint density at radius 2 is 2.33 bits per heavy atom. The van der Waals surface area contributed by atoms with E-state index in [4.69, 9.17) is 10.5 Å². The van der Waals surface area contributed by atoms with Crippen LogP contribution in [0.2, 0.25) is 0 Å². The van der Waals surface area contributed by atoms with Crippen molar-refractivity contribution >= 4 is 17.3 Å². The fourth-order valence-corrected chi connectivity index (χ4v) is 2.34. The van der Waals surface area contributed by atoms with E-state index in [2.05, 4.69) is 5.32 Å². The second kappa shape index (κ2) is 5.40. The van der Waals surface area contributed by atoms with E-state index in [0.717, 1.165) is 29.8 Å². The van der Waals surface area contributed by atoms with Crippen LogP contribution in [-0.4, -0.2) is 18.6 Å². The van der Waals surface area contributed by atoms with Crippen molar-refractivity contribution in [2.75, 3.05) is 17.7 Å². The summed E-state index contributed by atoms with van der Waals surface area (Å²) in [5.41, 5.74) is 8.27. The van der Waals surface area contributed by atoms with E-state index >= 15 is 0 Å². The highest BCUT2D eigenvalue weighted by Gasteiger charge is 2.32. The van der Waals surface area contributed by atoms with E-state index in [9.17, 15) is 4.79 Å². The molecule has 0 bridgehead atoms. The van der Waals surface area contributed by atoms with Gasteiger partial charge in [0.05, 0.1) is 12.0 Å². The molecule has 1 aromatic rings. The minimum Gasteiger partial charge on any atom is -0.399 e. The lowest BCUT2D eigenvalue weighted by Crippen LogP contribution is -2.29. The van der Waals surface area contributed by atoms with E-state index in [1.165, 1.54) is 0 Å². The quantitative estimate of drug-likeness (QED) is 0.807. The topological polar surface area (TPSA) is 64.3 Å². The predicted octanol–water partition coefficient (Wildman–Crippen LogP) is 2.33. The lowest BCUT2D eigenvalue weighted by atomic mass is 9.98. The van der Waals surface area contributed by atoms with E-state index in [0.29, 0.717) is 6.61 Å². The lowest BCUT2D eigenvalue weighted by molar-refractivity contribution is -0.121. The van der Waals surface area contributed by atoms with Crippen molar-refractivity contribution in [3.8, 4) is 0 Å². The van der Waals surface area contributed by atoms with Crippen LogP contribution in [0.4, 0.5) is 11.4 Å². The molecule has 1 aromatic carbocycles. The van der Waals surface area contributed by atoms with Gasteiger partial charge in [0, 0.05) is 18.0 Å². The highest BCUT2D eigenvalue weighted by molar-refractivity contribution is 5.93. The monoisotopic (exact) mass is 248 g/mol. The zero-order valence-corrected chi connectivity index (χ0v) is 10.9. The Bertz CT molecular complexity index is 445. The molecule has 0 radical (unpaired) electrons. The van der Waals surface area contributed by atoms with Crippen molar-refractivity contribution in [3.63, 3.8) is 0 Å². The number of hydrogen-bond donors (Lipinski definition) is 2. The van der Waals surface area contributed by atoms with Gasteiger partial charge >= 0.3 is 0 Å². The molecule has 0 aromatic heterocycles. The van der Waals surface area contributed by atoms with Crippen LogP contribution in [-0.2, 0) is 9.53 Å². The Hall–Kier alpha value is -1.55. The number of carbonyl (C=O) groups is 1. The molecule has 2 atom stereocenters. The van der Waals surface area contributed by atoms with Gasteiger partial charge in [-0.25, -0.2) is 0 Å². The van der Waals surface area contributed by atoms with Crippen molar-refractivity contribution in [3.05, 3.63) is 23.8 Å². The average Bonchev–Trinajstić information content (AvgIpc) is 2.82. The number of aryl methyl sites for hydroxylation is 1. The summed E-state index contributed by atoms with van der Waals surface area (Å²) in [7, 11) is 0. The van der Waals surface area contributed by atoms with Crippen molar-refractivity contribution in [1.29, 1.82) is 0 Å². The summed E-state index contributed by atoms with van der Waals surface area (Å²) in [6.07, 6.45) is 1.73. The number of nitrogens with one attached hydrogen (secondary N) is 1. The second-order valence-electron chi connectivity index (χ2n) is 4.77. The predicted molar refractivity (Wildman–Crippen MR) is 72.4 cm³/mol. The number of ether oxygens (including phenoxy) is 1. The first kappa shape index (κ1) is 12.9. The maximum atomic E-state index is 12.2. The van der Waals surface area contributed by atoms with Crippen LogP contribution in [0.5, 0.6) is 0 Å². The zero-order chi connectivity index (χ0) is 13.1. The van der Waals surface area contributed by atoms with Gasteiger partial charge in [-0.2, -0.15) is 0 Å². The third-order valence-electron chi connectivity index (χ3n) is 3.49. The van der Waals surface area contributed by atoms with Crippen LogP contribution in [0.3, 0.4) is 0 Å². The van der Waals surface area contributed by atoms with Gasteiger partial charge in [-0.3, -0.25) is 4.79 Å². The number of benzene rings is 1. The van der Waals surface area contributed by atoms with E-state index < -0.39 is 0 Å². The standard InChI is InChI=1S/C14H20N2O2/c1-3-13-11(6-7-18-13)14(17)16-10-4-5-12(15)9(2)8-10/h4-5,8,11,13H,3,6-7,15H2,1-2H3,(H,16,17). The van der Waals surface area contributed by atoms with Crippen molar-refractivity contribution in [2.24, 2.45) is 5.92 Å². The Labute approximate surface area is 108 Å². The van der Waals surface area contributed by atoms with Gasteiger partial charge in [0.25, 0.3) is 0 Å². The molecule has 3 N–H and O–H groups in total. The molecule has 1 aliphatic heterocycles. The summed E-state index contributed by atoms with van der Waals surface area (Å²) in [4.78, 5) is 12.2. The van der Waals surface area contributed by atoms with Crippen LogP contribution in [0.1, 0.15) is 25.3 Å². The third-order valence-corrected chi connectivity index (χ3v) is 3.49. The summed E-state index contributed by atoms with van der Waals surface area (Å²) >= 11 is 0. The maximum absolute atomic E-state index is 12.2. The first-order chi connectivity index (χ1) is 8.61. The van der Waals surface area contributed by atoms with E-state index in [-0.39, 0.29) is 17.9 Å². The summed E-state index contributed by atoms with van der Waals surface area (Å²) in [5, 5.41) is 2.94. The summed E-state index contributed by atoms with van der Waals surface area (Å²) < 4.78 is 5.54. The fourth-order valence-electron chi connectivity index (χ4n) is 2.34. The highest BCUT2D eigenvalue weighted by Crippen LogP contribution is 2.25. The summed E-state index contributed by atoms with van der Waals surface area (Å²) in [5.74, 6) is 0.0105. The fraction of sp³-hybridized carbons (Fsp3) is 0.500. The molecule has 1 fully saturated rings. The molecule has 1 amide bonds. The molecular weight excluding hydrogens is 228 g/mol. The van der Waals surface area contributed by atoms with Gasteiger partial charge in [0.2, 0.25) is 5.91 Å². The second-order valence-corrected chi connectivity index (χ2v) is 4.77. The average molecular weight is 248 g/mol. The van der Waals surface area contributed by atoms with Crippen LogP contribution in [0.15, 0.2) is 18.2 Å². The van der Waals surface area contributed by atoms with Gasteiger partial charge in [-0.05, 0) is 43.5 Å². The Morgan fingerprint density at radius 1 is 1.56 bits per heavy atom. The van der Waals surface area contributed by atoms with Gasteiger partial charge in [-0.15, -0.1) is 0 Å². The Morgan fingerprint density at radius 3 is 3.00 bits per heavy atom. The third kappa shape index (κ3) is 2.64. The number of anilines is 2. The van der Waals surface area contributed by atoms with Crippen molar-refractivity contribution < 1.29 is 9.53 Å². The molecule has 2 rings (SSSR count). The molecule has 0 saturated carbocycles. The Kier molecular flexibility index (Phi) is 3.87. The van der Waals surface area contributed by atoms with E-state index in [1.807, 2.05) is 32.0 Å². The molecule has 18 heavy (non-hydrogen) atoms. The van der Waals surface area contributed by atoms with Crippen molar-refractivity contribution in [1.82, 2.24) is 0 Å². The number of carbonyl (C=O) groups excluding carboxylic acids is 1. The van der Waals surface area contributed by atoms with Crippen LogP contribution >= 0.6 is 0 Å². The lowest BCUT2D eigenvalue weighted by Gasteiger charge is -2.16. The number of hydrogen-bond acceptors (Lipinski definition) is 3. The van der Waals surface area contributed by atoms with Gasteiger partial charge in [0.1, 0.15) is 0 Å². The molecular formula is C14H20N2O2. The number of nitrogen functional groups attached to an aromatic ring is 1. The largest absolute Gasteiger partial charge is 0.399 e. The molecule has 2 unspecified atom stereocenters. The molecule has 1 aliphatic rings. The molecule has 4 heteroatoms. The van der Waals surface area contributed by atoms with Crippen LogP contribution in [0, 0.1) is 12.8 Å². The first-order valence-corrected chi connectivity index (χ1v) is 6.40. The number of rotatable bonds is 3. The summed E-state index contributed by atoms with van der Waals surface area (Å²) in [6, 6.07) is 5.54. The smallest absolute Gasteiger partial charge is 0.230 e. The molecule has 1 heterocycles. The maximum Gasteiger partial charge on any atom is 0.230 e. The number of amides is 1. The van der Waals surface area contributed by atoms with E-state index in [1.54, 1.807) is 0 Å². The zero-order valence-electron chi connectivity index (χ0n) is 10.9. The van der Waals surface area contributed by atoms with Gasteiger partial charge in [0.15, 0.2) is 0 Å². The SMILES string of the molecule is CCC1OCCC1C(=O)Nc1ccc(N)c(C)c1. The Balaban J connectivity index is 2.04. The van der Waals surface area contributed by atoms with Gasteiger partial charge in [-0.1, -0.05) is 6.92 Å². The molecule has 98 valence electrons. The summed E-state index contributed by atoms with van der Waals surface area (Å²) in [6.45, 7) is 4.65. The molecule has 0 spiro atoms. The normalized spacial score (nSPS) is 23.0. The van der Waals surface area contributed by atoms with Gasteiger partial charge < -0.3 is 15.8 Å².